The standard InChI is InChI=1S/C21H28N6O2S/c1-17(2)30(28,29)23-16-8-4-7-15-22-19-13-11-18(12-14-19)21-24-25-26-27(21)20-9-5-3-6-10-20/h3,5-6,9-14,17,22-23H,4,7-8,15-16H2,1-2H3. The summed E-state index contributed by atoms with van der Waals surface area (Å²) in [6, 6.07) is 17.8. The van der Waals surface area contributed by atoms with Crippen LogP contribution in [0.3, 0.4) is 0 Å². The molecule has 2 N–H and O–H groups in total. The van der Waals surface area contributed by atoms with E-state index in [4.69, 9.17) is 0 Å². The van der Waals surface area contributed by atoms with Crippen molar-refractivity contribution in [3.63, 3.8) is 0 Å². The molecule has 8 nitrogen and oxygen atoms in total. The highest BCUT2D eigenvalue weighted by Crippen LogP contribution is 2.21. The van der Waals surface area contributed by atoms with Gasteiger partial charge in [0.2, 0.25) is 10.0 Å². The molecule has 0 bridgehead atoms. The fourth-order valence-corrected chi connectivity index (χ4v) is 3.65. The minimum absolute atomic E-state index is 0.389. The number of nitrogens with zero attached hydrogens (tertiary/aromatic N) is 4. The van der Waals surface area contributed by atoms with Crippen molar-refractivity contribution in [3.8, 4) is 17.1 Å². The normalized spacial score (nSPS) is 11.7. The monoisotopic (exact) mass is 428 g/mol. The average Bonchev–Trinajstić information content (AvgIpc) is 3.24. The van der Waals surface area contributed by atoms with E-state index in [1.165, 1.54) is 0 Å². The summed E-state index contributed by atoms with van der Waals surface area (Å²) in [6.07, 6.45) is 2.75. The molecule has 0 aliphatic carbocycles. The molecule has 3 rings (SSSR count). The first kappa shape index (κ1) is 21.9. The number of aromatic nitrogens is 4. The van der Waals surface area contributed by atoms with Crippen LogP contribution in [-0.2, 0) is 10.0 Å². The number of rotatable bonds is 11. The molecule has 0 radical (unpaired) electrons. The summed E-state index contributed by atoms with van der Waals surface area (Å²) in [5.74, 6) is 0.691. The van der Waals surface area contributed by atoms with Crippen molar-refractivity contribution in [2.75, 3.05) is 18.4 Å². The van der Waals surface area contributed by atoms with E-state index in [0.29, 0.717) is 12.4 Å². The van der Waals surface area contributed by atoms with Gasteiger partial charge in [-0.1, -0.05) is 24.6 Å². The number of benzene rings is 2. The molecule has 0 spiro atoms. The second kappa shape index (κ2) is 10.3. The zero-order valence-electron chi connectivity index (χ0n) is 17.3. The van der Waals surface area contributed by atoms with Gasteiger partial charge in [-0.15, -0.1) is 5.10 Å². The predicted molar refractivity (Wildman–Crippen MR) is 119 cm³/mol. The molecule has 0 aliphatic heterocycles. The Labute approximate surface area is 177 Å². The van der Waals surface area contributed by atoms with Gasteiger partial charge in [-0.05, 0) is 73.5 Å². The van der Waals surface area contributed by atoms with Crippen LogP contribution in [0.5, 0.6) is 0 Å². The number of hydrogen-bond donors (Lipinski definition) is 2. The van der Waals surface area contributed by atoms with Crippen LogP contribution < -0.4 is 10.0 Å². The number of nitrogens with one attached hydrogen (secondary N) is 2. The van der Waals surface area contributed by atoms with E-state index in [2.05, 4.69) is 25.6 Å². The quantitative estimate of drug-likeness (QED) is 0.455. The van der Waals surface area contributed by atoms with Crippen LogP contribution in [0.25, 0.3) is 17.1 Å². The second-order valence-electron chi connectivity index (χ2n) is 7.30. The molecule has 9 heteroatoms. The van der Waals surface area contributed by atoms with Gasteiger partial charge in [-0.2, -0.15) is 4.68 Å². The molecule has 0 unspecified atom stereocenters. The van der Waals surface area contributed by atoms with Gasteiger partial charge in [0.05, 0.1) is 10.9 Å². The topological polar surface area (TPSA) is 102 Å². The van der Waals surface area contributed by atoms with Crippen LogP contribution in [0.1, 0.15) is 33.1 Å². The van der Waals surface area contributed by atoms with Crippen LogP contribution in [0.4, 0.5) is 5.69 Å². The summed E-state index contributed by atoms with van der Waals surface area (Å²) < 4.78 is 27.7. The maximum atomic E-state index is 11.7. The molecule has 0 aliphatic rings. The van der Waals surface area contributed by atoms with Gasteiger partial charge in [0.25, 0.3) is 0 Å². The van der Waals surface area contributed by atoms with Crippen molar-refractivity contribution in [2.45, 2.75) is 38.4 Å². The second-order valence-corrected chi connectivity index (χ2v) is 9.62. The lowest BCUT2D eigenvalue weighted by Crippen LogP contribution is -2.31. The summed E-state index contributed by atoms with van der Waals surface area (Å²) in [5.41, 5.74) is 2.88. The summed E-state index contributed by atoms with van der Waals surface area (Å²) >= 11 is 0. The largest absolute Gasteiger partial charge is 0.385 e. The van der Waals surface area contributed by atoms with E-state index in [0.717, 1.165) is 42.7 Å². The highest BCUT2D eigenvalue weighted by molar-refractivity contribution is 7.90. The fourth-order valence-electron chi connectivity index (χ4n) is 2.89. The lowest BCUT2D eigenvalue weighted by Gasteiger charge is -2.10. The van der Waals surface area contributed by atoms with Gasteiger partial charge >= 0.3 is 0 Å². The molecule has 160 valence electrons. The van der Waals surface area contributed by atoms with Crippen molar-refractivity contribution in [3.05, 3.63) is 54.6 Å². The van der Waals surface area contributed by atoms with Gasteiger partial charge in [0, 0.05) is 24.3 Å². The highest BCUT2D eigenvalue weighted by atomic mass is 32.2. The van der Waals surface area contributed by atoms with Gasteiger partial charge in [-0.25, -0.2) is 13.1 Å². The molecule has 2 aromatic carbocycles. The number of sulfonamides is 1. The maximum absolute atomic E-state index is 11.7. The minimum Gasteiger partial charge on any atom is -0.385 e. The van der Waals surface area contributed by atoms with Crippen LogP contribution in [0.2, 0.25) is 0 Å². The number of anilines is 1. The van der Waals surface area contributed by atoms with Gasteiger partial charge in [0.1, 0.15) is 0 Å². The average molecular weight is 429 g/mol. The van der Waals surface area contributed by atoms with Crippen molar-refractivity contribution in [1.82, 2.24) is 24.9 Å². The van der Waals surface area contributed by atoms with E-state index in [9.17, 15) is 8.42 Å². The fraction of sp³-hybridized carbons (Fsp3) is 0.381. The third kappa shape index (κ3) is 5.87. The Morgan fingerprint density at radius 3 is 2.33 bits per heavy atom. The first-order chi connectivity index (χ1) is 14.5. The zero-order valence-corrected chi connectivity index (χ0v) is 18.1. The first-order valence-electron chi connectivity index (χ1n) is 10.1. The summed E-state index contributed by atoms with van der Waals surface area (Å²) in [5, 5.41) is 15.1. The molecular weight excluding hydrogens is 400 g/mol. The lowest BCUT2D eigenvalue weighted by molar-refractivity contribution is 0.566. The molecule has 0 fully saturated rings. The Kier molecular flexibility index (Phi) is 7.53. The maximum Gasteiger partial charge on any atom is 0.213 e. The molecule has 1 aromatic heterocycles. The predicted octanol–water partition coefficient (Wildman–Crippen LogP) is 3.24. The van der Waals surface area contributed by atoms with Crippen molar-refractivity contribution in [1.29, 1.82) is 0 Å². The first-order valence-corrected chi connectivity index (χ1v) is 11.7. The molecule has 0 amide bonds. The third-order valence-corrected chi connectivity index (χ3v) is 6.57. The Morgan fingerprint density at radius 1 is 0.933 bits per heavy atom. The van der Waals surface area contributed by atoms with Crippen molar-refractivity contribution < 1.29 is 8.42 Å². The van der Waals surface area contributed by atoms with E-state index in [-0.39, 0.29) is 5.25 Å². The molecule has 30 heavy (non-hydrogen) atoms. The van der Waals surface area contributed by atoms with E-state index < -0.39 is 10.0 Å². The molecule has 0 saturated heterocycles. The zero-order chi connectivity index (χ0) is 21.4. The van der Waals surface area contributed by atoms with Gasteiger partial charge in [-0.3, -0.25) is 0 Å². The highest BCUT2D eigenvalue weighted by Gasteiger charge is 2.14. The Morgan fingerprint density at radius 2 is 1.63 bits per heavy atom. The van der Waals surface area contributed by atoms with Crippen molar-refractivity contribution in [2.24, 2.45) is 0 Å². The third-order valence-electron chi connectivity index (χ3n) is 4.72. The summed E-state index contributed by atoms with van der Waals surface area (Å²) in [4.78, 5) is 0. The van der Waals surface area contributed by atoms with Crippen LogP contribution >= 0.6 is 0 Å². The number of tetrazole rings is 1. The SMILES string of the molecule is CC(C)S(=O)(=O)NCCCCCNc1ccc(-c2nnnn2-c2ccccc2)cc1. The van der Waals surface area contributed by atoms with Gasteiger partial charge in [0.15, 0.2) is 5.82 Å². The smallest absolute Gasteiger partial charge is 0.213 e. The molecular formula is C21H28N6O2S. The van der Waals surface area contributed by atoms with Crippen molar-refractivity contribution >= 4 is 15.7 Å². The van der Waals surface area contributed by atoms with E-state index in [1.54, 1.807) is 18.5 Å². The Balaban J connectivity index is 1.45. The van der Waals surface area contributed by atoms with Crippen LogP contribution in [0, 0.1) is 0 Å². The number of para-hydroxylation sites is 1. The Hall–Kier alpha value is -2.78. The number of unbranched alkanes of at least 4 members (excludes halogenated alkanes) is 2. The lowest BCUT2D eigenvalue weighted by atomic mass is 10.2. The number of hydrogen-bond acceptors (Lipinski definition) is 6. The molecule has 0 saturated carbocycles. The molecule has 3 aromatic rings. The van der Waals surface area contributed by atoms with Gasteiger partial charge < -0.3 is 5.32 Å². The molecule has 1 heterocycles. The minimum atomic E-state index is -3.16. The van der Waals surface area contributed by atoms with E-state index >= 15 is 0 Å². The van der Waals surface area contributed by atoms with Crippen LogP contribution in [0.15, 0.2) is 54.6 Å². The van der Waals surface area contributed by atoms with Crippen LogP contribution in [-0.4, -0.2) is 47.0 Å². The summed E-state index contributed by atoms with van der Waals surface area (Å²) in [6.45, 7) is 4.68. The Bertz CT molecular complexity index is 1020. The summed E-state index contributed by atoms with van der Waals surface area (Å²) in [7, 11) is -3.16. The van der Waals surface area contributed by atoms with E-state index in [1.807, 2.05) is 54.6 Å². The molecule has 0 atom stereocenters.